The Balaban J connectivity index is 2.05. The highest BCUT2D eigenvalue weighted by atomic mass is 32.2. The molecule has 1 aromatic rings. The number of piperidine rings is 1. The number of thioether (sulfide) groups is 1. The fraction of sp³-hybridized carbons (Fsp3) is 0.500. The maximum atomic E-state index is 5.81. The smallest absolute Gasteiger partial charge is 0.0325 e. The molecule has 0 amide bonds. The van der Waals surface area contributed by atoms with E-state index in [9.17, 15) is 0 Å². The molecular weight excluding hydrogens is 204 g/mol. The lowest BCUT2D eigenvalue weighted by Crippen LogP contribution is -2.29. The van der Waals surface area contributed by atoms with Crippen molar-refractivity contribution in [3.05, 3.63) is 23.8 Å². The normalized spacial score (nSPS) is 17.9. The summed E-state index contributed by atoms with van der Waals surface area (Å²) in [6, 6.07) is 6.18. The van der Waals surface area contributed by atoms with Gasteiger partial charge in [0.1, 0.15) is 0 Å². The van der Waals surface area contributed by atoms with Crippen LogP contribution in [0.1, 0.15) is 18.4 Å². The van der Waals surface area contributed by atoms with E-state index in [1.165, 1.54) is 23.3 Å². The molecule has 0 atom stereocenters. The maximum Gasteiger partial charge on any atom is 0.0325 e. The highest BCUT2D eigenvalue weighted by molar-refractivity contribution is 8.00. The van der Waals surface area contributed by atoms with Crippen molar-refractivity contribution in [3.63, 3.8) is 0 Å². The van der Waals surface area contributed by atoms with Crippen molar-refractivity contribution in [1.29, 1.82) is 0 Å². The van der Waals surface area contributed by atoms with Crippen LogP contribution in [-0.4, -0.2) is 18.3 Å². The highest BCUT2D eigenvalue weighted by Gasteiger charge is 2.15. The molecule has 0 spiro atoms. The zero-order chi connectivity index (χ0) is 10.7. The number of aryl methyl sites for hydroxylation is 1. The number of benzene rings is 1. The summed E-state index contributed by atoms with van der Waals surface area (Å²) in [4.78, 5) is 1.35. The molecule has 2 rings (SSSR count). The van der Waals surface area contributed by atoms with E-state index >= 15 is 0 Å². The Morgan fingerprint density at radius 3 is 2.80 bits per heavy atom. The van der Waals surface area contributed by atoms with Crippen molar-refractivity contribution in [2.45, 2.75) is 29.9 Å². The van der Waals surface area contributed by atoms with Gasteiger partial charge in [-0.3, -0.25) is 0 Å². The van der Waals surface area contributed by atoms with Gasteiger partial charge in [-0.2, -0.15) is 0 Å². The van der Waals surface area contributed by atoms with Crippen molar-refractivity contribution < 1.29 is 0 Å². The molecule has 0 saturated carbocycles. The number of hydrogen-bond acceptors (Lipinski definition) is 3. The molecule has 1 heterocycles. The summed E-state index contributed by atoms with van der Waals surface area (Å²) in [6.45, 7) is 4.46. The van der Waals surface area contributed by atoms with E-state index in [0.717, 1.165) is 24.0 Å². The quantitative estimate of drug-likeness (QED) is 0.755. The lowest BCUT2D eigenvalue weighted by atomic mass is 10.2. The van der Waals surface area contributed by atoms with Crippen molar-refractivity contribution in [1.82, 2.24) is 5.32 Å². The number of anilines is 1. The van der Waals surface area contributed by atoms with Gasteiger partial charge in [-0.15, -0.1) is 11.8 Å². The number of nitrogen functional groups attached to an aromatic ring is 1. The first kappa shape index (κ1) is 10.8. The van der Waals surface area contributed by atoms with Crippen LogP contribution in [0.3, 0.4) is 0 Å². The van der Waals surface area contributed by atoms with Crippen LogP contribution in [0.4, 0.5) is 5.69 Å². The van der Waals surface area contributed by atoms with E-state index < -0.39 is 0 Å². The van der Waals surface area contributed by atoms with E-state index in [-0.39, 0.29) is 0 Å². The Hall–Kier alpha value is -0.670. The third kappa shape index (κ3) is 2.89. The first-order chi connectivity index (χ1) is 7.25. The van der Waals surface area contributed by atoms with Crippen molar-refractivity contribution in [2.75, 3.05) is 18.8 Å². The average Bonchev–Trinajstić information content (AvgIpc) is 2.25. The lowest BCUT2D eigenvalue weighted by Gasteiger charge is -2.22. The van der Waals surface area contributed by atoms with Crippen LogP contribution >= 0.6 is 11.8 Å². The highest BCUT2D eigenvalue weighted by Crippen LogP contribution is 2.32. The van der Waals surface area contributed by atoms with Crippen LogP contribution < -0.4 is 11.1 Å². The summed E-state index contributed by atoms with van der Waals surface area (Å²) in [7, 11) is 0. The number of hydrogen-bond donors (Lipinski definition) is 2. The van der Waals surface area contributed by atoms with Gasteiger partial charge in [-0.1, -0.05) is 6.07 Å². The van der Waals surface area contributed by atoms with Crippen LogP contribution in [0.25, 0.3) is 0 Å². The SMILES string of the molecule is Cc1ccc(N)cc1SC1CCNCC1. The van der Waals surface area contributed by atoms with Gasteiger partial charge in [0.25, 0.3) is 0 Å². The van der Waals surface area contributed by atoms with Gasteiger partial charge in [-0.05, 0) is 50.6 Å². The predicted octanol–water partition coefficient (Wildman–Crippen LogP) is 2.42. The zero-order valence-electron chi connectivity index (χ0n) is 9.12. The summed E-state index contributed by atoms with van der Waals surface area (Å²) in [5, 5.41) is 4.14. The number of nitrogens with one attached hydrogen (secondary N) is 1. The Morgan fingerprint density at radius 2 is 2.07 bits per heavy atom. The summed E-state index contributed by atoms with van der Waals surface area (Å²) < 4.78 is 0. The molecule has 82 valence electrons. The molecule has 2 nitrogen and oxygen atoms in total. The first-order valence-corrected chi connectivity index (χ1v) is 6.37. The van der Waals surface area contributed by atoms with Gasteiger partial charge in [0.15, 0.2) is 0 Å². The molecule has 0 unspecified atom stereocenters. The van der Waals surface area contributed by atoms with Crippen molar-refractivity contribution in [3.8, 4) is 0 Å². The minimum atomic E-state index is 0.756. The Kier molecular flexibility index (Phi) is 3.54. The number of nitrogens with two attached hydrogens (primary N) is 1. The molecule has 0 radical (unpaired) electrons. The van der Waals surface area contributed by atoms with Crippen LogP contribution in [0, 0.1) is 6.92 Å². The van der Waals surface area contributed by atoms with Gasteiger partial charge >= 0.3 is 0 Å². The second kappa shape index (κ2) is 4.90. The maximum absolute atomic E-state index is 5.81. The number of rotatable bonds is 2. The fourth-order valence-corrected chi connectivity index (χ4v) is 3.13. The minimum absolute atomic E-state index is 0.756. The van der Waals surface area contributed by atoms with Crippen molar-refractivity contribution in [2.24, 2.45) is 0 Å². The molecule has 1 fully saturated rings. The van der Waals surface area contributed by atoms with Crippen LogP contribution in [0.5, 0.6) is 0 Å². The lowest BCUT2D eigenvalue weighted by molar-refractivity contribution is 0.531. The molecule has 1 aliphatic rings. The van der Waals surface area contributed by atoms with Crippen LogP contribution in [-0.2, 0) is 0 Å². The van der Waals surface area contributed by atoms with Crippen LogP contribution in [0.15, 0.2) is 23.1 Å². The molecule has 3 N–H and O–H groups in total. The minimum Gasteiger partial charge on any atom is -0.399 e. The third-order valence-electron chi connectivity index (χ3n) is 2.79. The summed E-state index contributed by atoms with van der Waals surface area (Å²) in [6.07, 6.45) is 2.53. The molecule has 15 heavy (non-hydrogen) atoms. The summed E-state index contributed by atoms with van der Waals surface area (Å²) >= 11 is 1.99. The Morgan fingerprint density at radius 1 is 1.33 bits per heavy atom. The van der Waals surface area contributed by atoms with E-state index in [2.05, 4.69) is 24.4 Å². The third-order valence-corrected chi connectivity index (χ3v) is 4.29. The van der Waals surface area contributed by atoms with E-state index in [4.69, 9.17) is 5.73 Å². The first-order valence-electron chi connectivity index (χ1n) is 5.49. The molecule has 0 aliphatic carbocycles. The summed E-state index contributed by atoms with van der Waals surface area (Å²) in [5.41, 5.74) is 8.02. The van der Waals surface area contributed by atoms with Crippen LogP contribution in [0.2, 0.25) is 0 Å². The van der Waals surface area contributed by atoms with Gasteiger partial charge in [0.2, 0.25) is 0 Å². The molecule has 1 aliphatic heterocycles. The average molecular weight is 222 g/mol. The Bertz CT molecular complexity index is 332. The summed E-state index contributed by atoms with van der Waals surface area (Å²) in [5.74, 6) is 0. The zero-order valence-corrected chi connectivity index (χ0v) is 9.94. The second-order valence-corrected chi connectivity index (χ2v) is 5.43. The van der Waals surface area contributed by atoms with E-state index in [1.54, 1.807) is 0 Å². The fourth-order valence-electron chi connectivity index (χ4n) is 1.84. The molecule has 3 heteroatoms. The standard InChI is InChI=1S/C12H18N2S/c1-9-2-3-10(13)8-12(9)15-11-4-6-14-7-5-11/h2-3,8,11,14H,4-7,13H2,1H3. The van der Waals surface area contributed by atoms with Gasteiger partial charge in [0, 0.05) is 15.8 Å². The molecule has 0 aromatic heterocycles. The molecular formula is C12H18N2S. The van der Waals surface area contributed by atoms with E-state index in [1.807, 2.05) is 17.8 Å². The van der Waals surface area contributed by atoms with Crippen molar-refractivity contribution >= 4 is 17.4 Å². The topological polar surface area (TPSA) is 38.0 Å². The van der Waals surface area contributed by atoms with E-state index in [0.29, 0.717) is 0 Å². The van der Waals surface area contributed by atoms with Gasteiger partial charge < -0.3 is 11.1 Å². The second-order valence-electron chi connectivity index (χ2n) is 4.09. The predicted molar refractivity (Wildman–Crippen MR) is 67.3 cm³/mol. The molecule has 1 aromatic carbocycles. The largest absolute Gasteiger partial charge is 0.399 e. The Labute approximate surface area is 95.6 Å². The van der Waals surface area contributed by atoms with Gasteiger partial charge in [-0.25, -0.2) is 0 Å². The molecule has 1 saturated heterocycles. The van der Waals surface area contributed by atoms with Gasteiger partial charge in [0.05, 0.1) is 0 Å². The monoisotopic (exact) mass is 222 g/mol. The molecule has 0 bridgehead atoms.